The second kappa shape index (κ2) is 11.6. The molecule has 0 unspecified atom stereocenters. The highest BCUT2D eigenvalue weighted by atomic mass is 32.2. The molecule has 0 bridgehead atoms. The lowest BCUT2D eigenvalue weighted by Gasteiger charge is -2.23. The normalized spacial score (nSPS) is 11.7. The smallest absolute Gasteiger partial charge is 0.383 e. The molecule has 3 rings (SSSR count). The van der Waals surface area contributed by atoms with Crippen molar-refractivity contribution in [2.24, 2.45) is 0 Å². The van der Waals surface area contributed by atoms with Gasteiger partial charge in [-0.05, 0) is 48.9 Å². The van der Waals surface area contributed by atoms with Crippen LogP contribution in [0.4, 0.5) is 18.9 Å². The summed E-state index contributed by atoms with van der Waals surface area (Å²) in [5.41, 5.74) is -0.223. The SMILES string of the molecule is COCCN(Cc1ccc(OS(=O)(=O)c2cccc(C(F)(F)F)c2)cc1)C(=O)c1ccc(C)c([N+](=O)[O-])c1. The fourth-order valence-electron chi connectivity index (χ4n) is 3.45. The van der Waals surface area contributed by atoms with E-state index in [-0.39, 0.29) is 36.7 Å². The number of nitro groups is 1. The van der Waals surface area contributed by atoms with Gasteiger partial charge in [0.05, 0.1) is 17.1 Å². The summed E-state index contributed by atoms with van der Waals surface area (Å²) in [7, 11) is -3.09. The van der Waals surface area contributed by atoms with Crippen LogP contribution in [0.25, 0.3) is 0 Å². The Morgan fingerprint density at radius 1 is 1.05 bits per heavy atom. The molecule has 202 valence electrons. The Morgan fingerprint density at radius 2 is 1.74 bits per heavy atom. The van der Waals surface area contributed by atoms with Gasteiger partial charge < -0.3 is 13.8 Å². The number of benzene rings is 3. The largest absolute Gasteiger partial charge is 0.416 e. The monoisotopic (exact) mass is 552 g/mol. The average molecular weight is 553 g/mol. The minimum absolute atomic E-state index is 0.0600. The number of carbonyl (C=O) groups is 1. The van der Waals surface area contributed by atoms with Crippen molar-refractivity contribution in [3.63, 3.8) is 0 Å². The molecule has 0 aliphatic carbocycles. The molecular weight excluding hydrogens is 529 g/mol. The fourth-order valence-corrected chi connectivity index (χ4v) is 4.43. The zero-order valence-corrected chi connectivity index (χ0v) is 21.1. The highest BCUT2D eigenvalue weighted by molar-refractivity contribution is 7.87. The third-order valence-electron chi connectivity index (χ3n) is 5.46. The van der Waals surface area contributed by atoms with E-state index in [0.717, 1.165) is 18.2 Å². The number of amides is 1. The molecule has 0 spiro atoms. The first-order chi connectivity index (χ1) is 17.8. The maximum atomic E-state index is 13.1. The third-order valence-corrected chi connectivity index (χ3v) is 6.70. The van der Waals surface area contributed by atoms with Gasteiger partial charge in [-0.15, -0.1) is 0 Å². The molecule has 13 heteroatoms. The fraction of sp³-hybridized carbons (Fsp3) is 0.240. The number of methoxy groups -OCH3 is 1. The topological polar surface area (TPSA) is 116 Å². The zero-order chi connectivity index (χ0) is 28.1. The molecule has 0 N–H and O–H groups in total. The zero-order valence-electron chi connectivity index (χ0n) is 20.3. The van der Waals surface area contributed by atoms with E-state index in [9.17, 15) is 36.5 Å². The molecule has 0 heterocycles. The predicted molar refractivity (Wildman–Crippen MR) is 130 cm³/mol. The number of hydrogen-bond donors (Lipinski definition) is 0. The van der Waals surface area contributed by atoms with Crippen LogP contribution in [0.15, 0.2) is 71.6 Å². The van der Waals surface area contributed by atoms with Crippen molar-refractivity contribution in [3.05, 3.63) is 99.1 Å². The molecule has 0 aliphatic rings. The summed E-state index contributed by atoms with van der Waals surface area (Å²) >= 11 is 0. The maximum absolute atomic E-state index is 13.1. The van der Waals surface area contributed by atoms with Crippen LogP contribution in [0.5, 0.6) is 5.75 Å². The molecule has 0 saturated carbocycles. The minimum atomic E-state index is -4.72. The summed E-state index contributed by atoms with van der Waals surface area (Å²) < 4.78 is 73.9. The summed E-state index contributed by atoms with van der Waals surface area (Å²) in [6.07, 6.45) is -4.72. The number of ether oxygens (including phenoxy) is 1. The highest BCUT2D eigenvalue weighted by Gasteiger charge is 2.32. The van der Waals surface area contributed by atoms with E-state index in [1.165, 1.54) is 54.5 Å². The molecule has 0 saturated heterocycles. The summed E-state index contributed by atoms with van der Waals surface area (Å²) in [5.74, 6) is -0.618. The van der Waals surface area contributed by atoms with Crippen molar-refractivity contribution in [3.8, 4) is 5.75 Å². The maximum Gasteiger partial charge on any atom is 0.416 e. The Morgan fingerprint density at radius 3 is 2.34 bits per heavy atom. The standard InChI is InChI=1S/C25H23F3N2O7S/c1-17-6-9-19(14-23(17)30(32)33)24(31)29(12-13-36-2)16-18-7-10-21(11-8-18)37-38(34,35)22-5-3-4-20(15-22)25(26,27)28/h3-11,14-15H,12-13,16H2,1-2H3. The summed E-state index contributed by atoms with van der Waals surface area (Å²) in [5, 5.41) is 11.3. The summed E-state index contributed by atoms with van der Waals surface area (Å²) in [6.45, 7) is 1.98. The van der Waals surface area contributed by atoms with Crippen LogP contribution < -0.4 is 4.18 Å². The minimum Gasteiger partial charge on any atom is -0.383 e. The first-order valence-corrected chi connectivity index (χ1v) is 12.5. The van der Waals surface area contributed by atoms with Gasteiger partial charge in [0.15, 0.2) is 0 Å². The molecule has 38 heavy (non-hydrogen) atoms. The van der Waals surface area contributed by atoms with Crippen molar-refractivity contribution in [2.45, 2.75) is 24.5 Å². The van der Waals surface area contributed by atoms with Crippen LogP contribution in [0.3, 0.4) is 0 Å². The highest BCUT2D eigenvalue weighted by Crippen LogP contribution is 2.31. The van der Waals surface area contributed by atoms with Crippen LogP contribution in [0.1, 0.15) is 27.0 Å². The molecule has 0 fully saturated rings. The van der Waals surface area contributed by atoms with E-state index in [4.69, 9.17) is 8.92 Å². The Kier molecular flexibility index (Phi) is 8.74. The van der Waals surface area contributed by atoms with Crippen molar-refractivity contribution >= 4 is 21.7 Å². The van der Waals surface area contributed by atoms with E-state index in [1.54, 1.807) is 6.92 Å². The lowest BCUT2D eigenvalue weighted by molar-refractivity contribution is -0.385. The molecule has 1 amide bonds. The number of carbonyl (C=O) groups excluding carboxylic acids is 1. The van der Waals surface area contributed by atoms with Crippen molar-refractivity contribution in [1.29, 1.82) is 0 Å². The van der Waals surface area contributed by atoms with E-state index in [2.05, 4.69) is 0 Å². The second-order valence-corrected chi connectivity index (χ2v) is 9.73. The van der Waals surface area contributed by atoms with E-state index in [1.807, 2.05) is 0 Å². The molecular formula is C25H23F3N2O7S. The number of nitrogens with zero attached hydrogens (tertiary/aromatic N) is 2. The van der Waals surface area contributed by atoms with Gasteiger partial charge in [-0.1, -0.05) is 24.3 Å². The third kappa shape index (κ3) is 7.07. The number of aryl methyl sites for hydroxylation is 1. The molecule has 3 aromatic carbocycles. The Balaban J connectivity index is 1.78. The van der Waals surface area contributed by atoms with Gasteiger partial charge in [0, 0.05) is 37.4 Å². The van der Waals surface area contributed by atoms with E-state index >= 15 is 0 Å². The van der Waals surface area contributed by atoms with Gasteiger partial charge in [0.1, 0.15) is 10.6 Å². The van der Waals surface area contributed by atoms with Crippen LogP contribution in [-0.2, 0) is 27.6 Å². The molecule has 0 aliphatic heterocycles. The van der Waals surface area contributed by atoms with Crippen molar-refractivity contribution in [1.82, 2.24) is 4.90 Å². The van der Waals surface area contributed by atoms with Crippen molar-refractivity contribution in [2.75, 3.05) is 20.3 Å². The lowest BCUT2D eigenvalue weighted by Crippen LogP contribution is -2.33. The average Bonchev–Trinajstić information content (AvgIpc) is 2.86. The first-order valence-electron chi connectivity index (χ1n) is 11.1. The van der Waals surface area contributed by atoms with E-state index < -0.39 is 37.6 Å². The quantitative estimate of drug-likeness (QED) is 0.198. The molecule has 0 radical (unpaired) electrons. The molecule has 3 aromatic rings. The molecule has 0 atom stereocenters. The summed E-state index contributed by atoms with van der Waals surface area (Å²) in [4.78, 5) is 24.6. The predicted octanol–water partition coefficient (Wildman–Crippen LogP) is 4.98. The van der Waals surface area contributed by atoms with Gasteiger partial charge in [-0.25, -0.2) is 0 Å². The van der Waals surface area contributed by atoms with Gasteiger partial charge in [-0.3, -0.25) is 14.9 Å². The van der Waals surface area contributed by atoms with Crippen LogP contribution >= 0.6 is 0 Å². The number of alkyl halides is 3. The van der Waals surface area contributed by atoms with Crippen LogP contribution in [0, 0.1) is 17.0 Å². The Labute approximate surface area is 216 Å². The van der Waals surface area contributed by atoms with Gasteiger partial charge >= 0.3 is 16.3 Å². The molecule has 9 nitrogen and oxygen atoms in total. The Hall–Kier alpha value is -3.97. The van der Waals surface area contributed by atoms with E-state index in [0.29, 0.717) is 17.2 Å². The number of rotatable bonds is 10. The van der Waals surface area contributed by atoms with Gasteiger partial charge in [0.25, 0.3) is 11.6 Å². The van der Waals surface area contributed by atoms with Crippen molar-refractivity contribution < 1.29 is 40.2 Å². The van der Waals surface area contributed by atoms with Crippen LogP contribution in [0.2, 0.25) is 0 Å². The Bertz CT molecular complexity index is 1430. The molecule has 0 aromatic heterocycles. The number of hydrogen-bond acceptors (Lipinski definition) is 7. The lowest BCUT2D eigenvalue weighted by atomic mass is 10.1. The van der Waals surface area contributed by atoms with Gasteiger partial charge in [-0.2, -0.15) is 21.6 Å². The second-order valence-electron chi connectivity index (χ2n) is 8.18. The first kappa shape index (κ1) is 28.6. The van der Waals surface area contributed by atoms with Gasteiger partial charge in [0.2, 0.25) is 0 Å². The number of nitro benzene ring substituents is 1. The van der Waals surface area contributed by atoms with Crippen LogP contribution in [-0.4, -0.2) is 44.4 Å². The summed E-state index contributed by atoms with van der Waals surface area (Å²) in [6, 6.07) is 12.9. The number of halogens is 3.